The summed E-state index contributed by atoms with van der Waals surface area (Å²) in [5, 5.41) is 10.1. The van der Waals surface area contributed by atoms with Crippen LogP contribution in [0.3, 0.4) is 0 Å². The van der Waals surface area contributed by atoms with Crippen molar-refractivity contribution in [1.82, 2.24) is 0 Å². The van der Waals surface area contributed by atoms with Gasteiger partial charge in [0, 0.05) is 3.57 Å². The highest BCUT2D eigenvalue weighted by atomic mass is 127. The van der Waals surface area contributed by atoms with Gasteiger partial charge in [0.15, 0.2) is 11.5 Å². The summed E-state index contributed by atoms with van der Waals surface area (Å²) in [7, 11) is -4.40. The first-order valence-electron chi connectivity index (χ1n) is 8.68. The predicted octanol–water partition coefficient (Wildman–Crippen LogP) is 5.12. The van der Waals surface area contributed by atoms with Crippen LogP contribution in [-0.4, -0.2) is 24.0 Å². The van der Waals surface area contributed by atoms with Crippen molar-refractivity contribution in [3.63, 3.8) is 0 Å². The number of hydrogen-bond acceptors (Lipinski definition) is 5. The first-order chi connectivity index (χ1) is 13.2. The molecule has 2 aromatic carbocycles. The summed E-state index contributed by atoms with van der Waals surface area (Å²) in [4.78, 5) is 12.5. The molecule has 1 saturated carbocycles. The van der Waals surface area contributed by atoms with E-state index < -0.39 is 16.1 Å². The van der Waals surface area contributed by atoms with Crippen molar-refractivity contribution >= 4 is 61.3 Å². The van der Waals surface area contributed by atoms with E-state index in [1.165, 1.54) is 18.2 Å². The van der Waals surface area contributed by atoms with Crippen LogP contribution in [-0.2, 0) is 10.1 Å². The zero-order valence-electron chi connectivity index (χ0n) is 14.7. The number of ether oxygens (including phenoxy) is 1. The second kappa shape index (κ2) is 8.84. The van der Waals surface area contributed by atoms with Crippen LogP contribution in [0.2, 0.25) is 0 Å². The van der Waals surface area contributed by atoms with E-state index in [0.717, 1.165) is 35.7 Å². The molecule has 0 saturated heterocycles. The summed E-state index contributed by atoms with van der Waals surface area (Å²) in [6.45, 7) is 0. The van der Waals surface area contributed by atoms with Crippen LogP contribution in [0, 0.1) is 7.14 Å². The molecular weight excluding hydrogens is 610 g/mol. The second-order valence-corrected chi connectivity index (χ2v) is 10.5. The van der Waals surface area contributed by atoms with Gasteiger partial charge in [0.2, 0.25) is 0 Å². The minimum Gasteiger partial charge on any atom is -0.504 e. The van der Waals surface area contributed by atoms with E-state index in [1.54, 1.807) is 12.1 Å². The molecule has 6 nitrogen and oxygen atoms in total. The lowest BCUT2D eigenvalue weighted by atomic mass is 9.83. The smallest absolute Gasteiger partial charge is 0.343 e. The molecule has 0 unspecified atom stereocenters. The number of carbonyl (C=O) groups is 1. The average Bonchev–Trinajstić information content (AvgIpc) is 2.65. The van der Waals surface area contributed by atoms with Gasteiger partial charge in [0.1, 0.15) is 0 Å². The van der Waals surface area contributed by atoms with Gasteiger partial charge in [-0.3, -0.25) is 4.55 Å². The summed E-state index contributed by atoms with van der Waals surface area (Å²) in [5.74, 6) is -0.826. The molecule has 150 valence electrons. The van der Waals surface area contributed by atoms with Gasteiger partial charge in [-0.1, -0.05) is 19.3 Å². The molecule has 0 atom stereocenters. The Morgan fingerprint density at radius 3 is 2.39 bits per heavy atom. The Balaban J connectivity index is 1.97. The maximum absolute atomic E-state index is 12.6. The van der Waals surface area contributed by atoms with Crippen LogP contribution in [0.4, 0.5) is 0 Å². The Kier molecular flexibility index (Phi) is 6.88. The molecule has 0 radical (unpaired) electrons. The van der Waals surface area contributed by atoms with Crippen LogP contribution in [0.1, 0.15) is 53.9 Å². The standard InChI is InChI=1S/C19H18I2O6S/c20-13-9-15(21)18(22)16(10-13)27-19(23)12-6-7-17(28(24,25)26)14(8-12)11-4-2-1-3-5-11/h6-11,22H,1-5H2,(H,24,25,26). The number of esters is 1. The molecule has 9 heteroatoms. The van der Waals surface area contributed by atoms with E-state index in [1.807, 2.05) is 22.6 Å². The van der Waals surface area contributed by atoms with Crippen LogP contribution in [0.25, 0.3) is 0 Å². The van der Waals surface area contributed by atoms with E-state index in [4.69, 9.17) is 4.74 Å². The molecule has 28 heavy (non-hydrogen) atoms. The lowest BCUT2D eigenvalue weighted by Gasteiger charge is -2.24. The Labute approximate surface area is 190 Å². The molecule has 1 fully saturated rings. The van der Waals surface area contributed by atoms with Crippen LogP contribution >= 0.6 is 45.2 Å². The fourth-order valence-corrected chi connectivity index (χ4v) is 5.98. The summed E-state index contributed by atoms with van der Waals surface area (Å²) in [5.41, 5.74) is 0.610. The monoisotopic (exact) mass is 628 g/mol. The number of phenolic OH excluding ortho intramolecular Hbond substituents is 1. The first-order valence-corrected chi connectivity index (χ1v) is 12.3. The van der Waals surface area contributed by atoms with Crippen LogP contribution in [0.5, 0.6) is 11.5 Å². The van der Waals surface area contributed by atoms with E-state index in [-0.39, 0.29) is 27.9 Å². The summed E-state index contributed by atoms with van der Waals surface area (Å²) in [6, 6.07) is 7.33. The van der Waals surface area contributed by atoms with Crippen LogP contribution in [0.15, 0.2) is 35.2 Å². The highest BCUT2D eigenvalue weighted by Crippen LogP contribution is 2.37. The Hall–Kier alpha value is -0.920. The third-order valence-corrected chi connectivity index (χ3v) is 7.14. The van der Waals surface area contributed by atoms with Gasteiger partial charge in [-0.2, -0.15) is 8.42 Å². The molecule has 0 spiro atoms. The van der Waals surface area contributed by atoms with E-state index in [0.29, 0.717) is 9.13 Å². The molecule has 2 N–H and O–H groups in total. The molecular formula is C19H18I2O6S. The van der Waals surface area contributed by atoms with Gasteiger partial charge in [0.05, 0.1) is 14.0 Å². The van der Waals surface area contributed by atoms with Gasteiger partial charge in [0.25, 0.3) is 10.1 Å². The van der Waals surface area contributed by atoms with Gasteiger partial charge < -0.3 is 9.84 Å². The summed E-state index contributed by atoms with van der Waals surface area (Å²) < 4.78 is 39.9. The minimum atomic E-state index is -4.40. The number of halogens is 2. The molecule has 1 aliphatic rings. The normalized spacial score (nSPS) is 15.4. The van der Waals surface area contributed by atoms with Gasteiger partial charge in [-0.25, -0.2) is 4.79 Å². The van der Waals surface area contributed by atoms with Gasteiger partial charge >= 0.3 is 5.97 Å². The van der Waals surface area contributed by atoms with Crippen molar-refractivity contribution in [3.8, 4) is 11.5 Å². The highest BCUT2D eigenvalue weighted by molar-refractivity contribution is 14.1. The predicted molar refractivity (Wildman–Crippen MR) is 121 cm³/mol. The Bertz CT molecular complexity index is 1010. The lowest BCUT2D eigenvalue weighted by molar-refractivity contribution is 0.0729. The van der Waals surface area contributed by atoms with Gasteiger partial charge in [-0.05, 0) is 99.8 Å². The van der Waals surface area contributed by atoms with Gasteiger partial charge in [-0.15, -0.1) is 0 Å². The fraction of sp³-hybridized carbons (Fsp3) is 0.316. The zero-order valence-corrected chi connectivity index (χ0v) is 19.8. The van der Waals surface area contributed by atoms with E-state index in [2.05, 4.69) is 22.6 Å². The van der Waals surface area contributed by atoms with Crippen molar-refractivity contribution in [3.05, 3.63) is 48.6 Å². The molecule has 3 rings (SSSR count). The first kappa shape index (κ1) is 21.8. The molecule has 0 heterocycles. The largest absolute Gasteiger partial charge is 0.504 e. The average molecular weight is 628 g/mol. The quantitative estimate of drug-likeness (QED) is 0.211. The second-order valence-electron chi connectivity index (χ2n) is 6.69. The van der Waals surface area contributed by atoms with E-state index in [9.17, 15) is 22.9 Å². The fourth-order valence-electron chi connectivity index (χ4n) is 3.42. The summed E-state index contributed by atoms with van der Waals surface area (Å²) in [6.07, 6.45) is 4.63. The van der Waals surface area contributed by atoms with Crippen molar-refractivity contribution in [2.24, 2.45) is 0 Å². The van der Waals surface area contributed by atoms with Crippen LogP contribution < -0.4 is 4.74 Å². The maximum Gasteiger partial charge on any atom is 0.343 e. The van der Waals surface area contributed by atoms with Crippen molar-refractivity contribution in [1.29, 1.82) is 0 Å². The van der Waals surface area contributed by atoms with Crippen molar-refractivity contribution < 1.29 is 27.6 Å². The molecule has 0 aliphatic heterocycles. The van der Waals surface area contributed by atoms with E-state index >= 15 is 0 Å². The zero-order chi connectivity index (χ0) is 20.5. The third kappa shape index (κ3) is 4.97. The van der Waals surface area contributed by atoms with Crippen molar-refractivity contribution in [2.75, 3.05) is 0 Å². The third-order valence-electron chi connectivity index (χ3n) is 4.76. The molecule has 0 amide bonds. The number of hydrogen-bond donors (Lipinski definition) is 2. The maximum atomic E-state index is 12.6. The number of rotatable bonds is 4. The number of carbonyl (C=O) groups excluding carboxylic acids is 1. The highest BCUT2D eigenvalue weighted by Gasteiger charge is 2.26. The minimum absolute atomic E-state index is 0.0366. The lowest BCUT2D eigenvalue weighted by Crippen LogP contribution is -2.14. The summed E-state index contributed by atoms with van der Waals surface area (Å²) >= 11 is 4.00. The molecule has 0 bridgehead atoms. The Morgan fingerprint density at radius 2 is 1.75 bits per heavy atom. The number of phenols is 1. The topological polar surface area (TPSA) is 101 Å². The molecule has 1 aliphatic carbocycles. The Morgan fingerprint density at radius 1 is 1.07 bits per heavy atom. The molecule has 0 aromatic heterocycles. The molecule has 2 aromatic rings. The number of benzene rings is 2. The number of aromatic hydroxyl groups is 1. The SMILES string of the molecule is O=C(Oc1cc(I)cc(I)c1O)c1ccc(S(=O)(=O)O)c(C2CCCCC2)c1. The van der Waals surface area contributed by atoms with Crippen molar-refractivity contribution in [2.45, 2.75) is 42.9 Å².